The van der Waals surface area contributed by atoms with Gasteiger partial charge in [0.1, 0.15) is 0 Å². The average Bonchev–Trinajstić information content (AvgIpc) is 2.65. The van der Waals surface area contributed by atoms with Crippen LogP contribution in [0.25, 0.3) is 10.8 Å². The van der Waals surface area contributed by atoms with Crippen LogP contribution in [0.3, 0.4) is 0 Å². The lowest BCUT2D eigenvalue weighted by Crippen LogP contribution is -2.30. The third kappa shape index (κ3) is 4.69. The molecule has 1 aromatic heterocycles. The maximum absolute atomic E-state index is 12.5. The minimum Gasteiger partial charge on any atom is -0.326 e. The summed E-state index contributed by atoms with van der Waals surface area (Å²) in [5.74, 6) is -0.322. The van der Waals surface area contributed by atoms with Crippen LogP contribution in [0.15, 0.2) is 58.2 Å². The number of fused-ring (bicyclic) bond motifs is 1. The maximum Gasteiger partial charge on any atom is 0.274 e. The van der Waals surface area contributed by atoms with E-state index in [1.165, 1.54) is 28.9 Å². The predicted octanol–water partition coefficient (Wildman–Crippen LogP) is 1.80. The largest absolute Gasteiger partial charge is 0.326 e. The Balaban J connectivity index is 1.78. The summed E-state index contributed by atoms with van der Waals surface area (Å²) in [5, 5.41) is 8.07. The third-order valence-corrected chi connectivity index (χ3v) is 5.87. The minimum absolute atomic E-state index is 0.0242. The molecule has 152 valence electrons. The van der Waals surface area contributed by atoms with Crippen molar-refractivity contribution in [3.63, 3.8) is 0 Å². The molecule has 3 rings (SSSR count). The highest BCUT2D eigenvalue weighted by molar-refractivity contribution is 7.89. The van der Waals surface area contributed by atoms with Crippen LogP contribution in [0.4, 0.5) is 5.69 Å². The van der Waals surface area contributed by atoms with E-state index in [4.69, 9.17) is 0 Å². The normalized spacial score (nSPS) is 11.7. The molecule has 3 aromatic rings. The summed E-state index contributed by atoms with van der Waals surface area (Å²) in [5.41, 5.74) is 0.727. The molecule has 0 radical (unpaired) electrons. The SMILES string of the molecule is CC(C)NS(=O)(=O)c1ccc(NC(=O)Cc2nn(C)c(=O)c3ccccc23)cc1. The van der Waals surface area contributed by atoms with Crippen LogP contribution in [-0.4, -0.2) is 30.1 Å². The molecule has 0 spiro atoms. The second-order valence-corrected chi connectivity index (χ2v) is 8.66. The lowest BCUT2D eigenvalue weighted by Gasteiger charge is -2.11. The highest BCUT2D eigenvalue weighted by Gasteiger charge is 2.16. The molecule has 2 N–H and O–H groups in total. The molecule has 1 heterocycles. The molecule has 0 aliphatic heterocycles. The number of amides is 1. The molecular formula is C20H22N4O4S. The van der Waals surface area contributed by atoms with Gasteiger partial charge in [0.25, 0.3) is 5.56 Å². The number of hydrogen-bond donors (Lipinski definition) is 2. The fraction of sp³-hybridized carbons (Fsp3) is 0.250. The lowest BCUT2D eigenvalue weighted by atomic mass is 10.1. The Morgan fingerprint density at radius 3 is 2.31 bits per heavy atom. The van der Waals surface area contributed by atoms with Crippen LogP contribution in [0, 0.1) is 0 Å². The molecule has 0 fully saturated rings. The smallest absolute Gasteiger partial charge is 0.274 e. The molecule has 0 saturated heterocycles. The van der Waals surface area contributed by atoms with E-state index in [1.54, 1.807) is 45.2 Å². The van der Waals surface area contributed by atoms with Crippen molar-refractivity contribution in [3.8, 4) is 0 Å². The highest BCUT2D eigenvalue weighted by atomic mass is 32.2. The zero-order chi connectivity index (χ0) is 21.2. The molecule has 0 bridgehead atoms. The average molecular weight is 414 g/mol. The van der Waals surface area contributed by atoms with Gasteiger partial charge in [-0.2, -0.15) is 5.10 Å². The first-order chi connectivity index (χ1) is 13.7. The van der Waals surface area contributed by atoms with Gasteiger partial charge in [0.15, 0.2) is 0 Å². The Labute approximate surface area is 168 Å². The quantitative estimate of drug-likeness (QED) is 0.639. The van der Waals surface area contributed by atoms with Gasteiger partial charge < -0.3 is 5.32 Å². The number of benzene rings is 2. The summed E-state index contributed by atoms with van der Waals surface area (Å²) in [6.45, 7) is 3.48. The van der Waals surface area contributed by atoms with Crippen molar-refractivity contribution in [1.29, 1.82) is 0 Å². The molecule has 0 saturated carbocycles. The maximum atomic E-state index is 12.5. The second kappa shape index (κ2) is 8.14. The summed E-state index contributed by atoms with van der Waals surface area (Å²) < 4.78 is 28.1. The van der Waals surface area contributed by atoms with Gasteiger partial charge in [-0.05, 0) is 44.2 Å². The van der Waals surface area contributed by atoms with E-state index in [1.807, 2.05) is 0 Å². The summed E-state index contributed by atoms with van der Waals surface area (Å²) in [6.07, 6.45) is -0.0242. The number of sulfonamides is 1. The Kier molecular flexibility index (Phi) is 5.81. The second-order valence-electron chi connectivity index (χ2n) is 6.95. The summed E-state index contributed by atoms with van der Waals surface area (Å²) in [7, 11) is -2.05. The Hall–Kier alpha value is -3.04. The van der Waals surface area contributed by atoms with Crippen LogP contribution in [0.1, 0.15) is 19.5 Å². The van der Waals surface area contributed by atoms with E-state index in [0.717, 1.165) is 0 Å². The van der Waals surface area contributed by atoms with Crippen LogP contribution in [-0.2, 0) is 28.3 Å². The predicted molar refractivity (Wildman–Crippen MR) is 111 cm³/mol. The number of aryl methyl sites for hydroxylation is 1. The molecule has 0 aliphatic rings. The summed E-state index contributed by atoms with van der Waals surface area (Å²) in [6, 6.07) is 12.7. The van der Waals surface area contributed by atoms with Gasteiger partial charge in [-0.15, -0.1) is 0 Å². The first-order valence-electron chi connectivity index (χ1n) is 9.04. The van der Waals surface area contributed by atoms with E-state index >= 15 is 0 Å². The fourth-order valence-corrected chi connectivity index (χ4v) is 4.21. The Morgan fingerprint density at radius 2 is 1.69 bits per heavy atom. The molecule has 29 heavy (non-hydrogen) atoms. The Bertz CT molecular complexity index is 1220. The van der Waals surface area contributed by atoms with Gasteiger partial charge in [0.05, 0.1) is 22.4 Å². The standard InChI is InChI=1S/C20H22N4O4S/c1-13(2)23-29(27,28)15-10-8-14(9-11-15)21-19(25)12-18-16-6-4-5-7-17(16)20(26)24(3)22-18/h4-11,13,23H,12H2,1-3H3,(H,21,25). The van der Waals surface area contributed by atoms with Crippen molar-refractivity contribution >= 4 is 32.4 Å². The topological polar surface area (TPSA) is 110 Å². The Morgan fingerprint density at radius 1 is 1.07 bits per heavy atom. The van der Waals surface area contributed by atoms with Crippen molar-refractivity contribution in [1.82, 2.24) is 14.5 Å². The van der Waals surface area contributed by atoms with Gasteiger partial charge in [0, 0.05) is 24.2 Å². The van der Waals surface area contributed by atoms with Crippen molar-refractivity contribution in [3.05, 3.63) is 64.6 Å². The monoisotopic (exact) mass is 414 g/mol. The first-order valence-corrected chi connectivity index (χ1v) is 10.5. The third-order valence-electron chi connectivity index (χ3n) is 4.20. The van der Waals surface area contributed by atoms with E-state index in [-0.39, 0.29) is 28.8 Å². The highest BCUT2D eigenvalue weighted by Crippen LogP contribution is 2.17. The molecule has 0 unspecified atom stereocenters. The van der Waals surface area contributed by atoms with E-state index in [9.17, 15) is 18.0 Å². The zero-order valence-electron chi connectivity index (χ0n) is 16.3. The molecule has 8 nitrogen and oxygen atoms in total. The fourth-order valence-electron chi connectivity index (χ4n) is 2.96. The number of nitrogens with one attached hydrogen (secondary N) is 2. The number of anilines is 1. The number of carbonyl (C=O) groups excluding carboxylic acids is 1. The summed E-state index contributed by atoms with van der Waals surface area (Å²) in [4.78, 5) is 24.8. The zero-order valence-corrected chi connectivity index (χ0v) is 17.2. The number of nitrogens with zero attached hydrogens (tertiary/aromatic N) is 2. The van der Waals surface area contributed by atoms with Crippen molar-refractivity contribution in [2.24, 2.45) is 7.05 Å². The molecule has 2 aromatic carbocycles. The van der Waals surface area contributed by atoms with Crippen LogP contribution in [0.2, 0.25) is 0 Å². The van der Waals surface area contributed by atoms with Gasteiger partial charge in [-0.25, -0.2) is 17.8 Å². The molecular weight excluding hydrogens is 392 g/mol. The molecule has 1 amide bonds. The van der Waals surface area contributed by atoms with Crippen molar-refractivity contribution in [2.75, 3.05) is 5.32 Å². The van der Waals surface area contributed by atoms with Gasteiger partial charge in [-0.3, -0.25) is 9.59 Å². The van der Waals surface area contributed by atoms with Gasteiger partial charge >= 0.3 is 0 Å². The van der Waals surface area contributed by atoms with Gasteiger partial charge in [-0.1, -0.05) is 18.2 Å². The molecule has 0 aliphatic carbocycles. The lowest BCUT2D eigenvalue weighted by molar-refractivity contribution is -0.115. The number of hydrogen-bond acceptors (Lipinski definition) is 5. The van der Waals surface area contributed by atoms with E-state index in [0.29, 0.717) is 22.2 Å². The van der Waals surface area contributed by atoms with E-state index in [2.05, 4.69) is 15.1 Å². The summed E-state index contributed by atoms with van der Waals surface area (Å²) >= 11 is 0. The first kappa shape index (κ1) is 20.7. The van der Waals surface area contributed by atoms with Crippen LogP contribution in [0.5, 0.6) is 0 Å². The van der Waals surface area contributed by atoms with Crippen molar-refractivity contribution in [2.45, 2.75) is 31.2 Å². The van der Waals surface area contributed by atoms with Crippen LogP contribution >= 0.6 is 0 Å². The molecule has 0 atom stereocenters. The minimum atomic E-state index is -3.59. The van der Waals surface area contributed by atoms with Gasteiger partial charge in [0.2, 0.25) is 15.9 Å². The van der Waals surface area contributed by atoms with Crippen LogP contribution < -0.4 is 15.6 Å². The van der Waals surface area contributed by atoms with E-state index < -0.39 is 10.0 Å². The number of aromatic nitrogens is 2. The molecule has 9 heteroatoms. The van der Waals surface area contributed by atoms with Crippen molar-refractivity contribution < 1.29 is 13.2 Å². The number of carbonyl (C=O) groups is 1. The number of rotatable bonds is 6.